The van der Waals surface area contributed by atoms with Gasteiger partial charge in [0, 0.05) is 77.6 Å². The Hall–Kier alpha value is -6.54. The Morgan fingerprint density at radius 2 is 0.620 bits per heavy atom. The minimum absolute atomic E-state index is 0.165. The molecule has 246 valence electrons. The molecule has 0 aliphatic rings. The molecule has 0 spiro atoms. The lowest BCUT2D eigenvalue weighted by Crippen LogP contribution is -2.08. The minimum atomic E-state index is -0.570. The van der Waals surface area contributed by atoms with Crippen LogP contribution in [-0.4, -0.2) is 23.9 Å². The monoisotopic (exact) mass is 662 g/mol. The number of benzene rings is 7. The van der Waals surface area contributed by atoms with Crippen LogP contribution in [0.25, 0.3) is 65.3 Å². The van der Waals surface area contributed by atoms with Crippen LogP contribution in [0.5, 0.6) is 23.0 Å². The van der Waals surface area contributed by atoms with Gasteiger partial charge in [0.25, 0.3) is 0 Å². The number of rotatable bonds is 6. The maximum atomic E-state index is 12.6. The van der Waals surface area contributed by atoms with Crippen molar-refractivity contribution in [2.75, 3.05) is 0 Å². The summed E-state index contributed by atoms with van der Waals surface area (Å²) in [4.78, 5) is 49.9. The van der Waals surface area contributed by atoms with Gasteiger partial charge in [-0.3, -0.25) is 19.2 Å². The van der Waals surface area contributed by atoms with Crippen LogP contribution in [0.15, 0.2) is 109 Å². The fraction of sp³-hybridized carbons (Fsp3) is 0.0952. The van der Waals surface area contributed by atoms with Gasteiger partial charge in [0.15, 0.2) is 0 Å². The molecule has 8 nitrogen and oxygen atoms in total. The number of carbonyl (C=O) groups is 4. The summed E-state index contributed by atoms with van der Waals surface area (Å²) in [6, 6.07) is 33.5. The Labute approximate surface area is 286 Å². The summed E-state index contributed by atoms with van der Waals surface area (Å²) in [5.41, 5.74) is 2.49. The third-order valence-corrected chi connectivity index (χ3v) is 8.38. The Balaban J connectivity index is 1.68. The zero-order valence-corrected chi connectivity index (χ0v) is 27.7. The van der Waals surface area contributed by atoms with Crippen molar-refractivity contribution >= 4 is 67.0 Å². The van der Waals surface area contributed by atoms with Gasteiger partial charge in [-0.1, -0.05) is 97.1 Å². The smallest absolute Gasteiger partial charge is 0.308 e. The molecule has 7 aromatic rings. The zero-order valence-electron chi connectivity index (χ0n) is 27.7. The first-order valence-electron chi connectivity index (χ1n) is 15.9. The first-order valence-corrected chi connectivity index (χ1v) is 15.9. The highest BCUT2D eigenvalue weighted by Gasteiger charge is 2.26. The molecule has 0 saturated carbocycles. The first kappa shape index (κ1) is 32.0. The van der Waals surface area contributed by atoms with E-state index in [9.17, 15) is 19.2 Å². The highest BCUT2D eigenvalue weighted by atomic mass is 16.5. The molecule has 0 heterocycles. The van der Waals surface area contributed by atoms with Crippen LogP contribution in [0.1, 0.15) is 27.7 Å². The summed E-state index contributed by atoms with van der Waals surface area (Å²) in [7, 11) is 0. The Morgan fingerprint density at radius 1 is 0.360 bits per heavy atom. The van der Waals surface area contributed by atoms with Crippen molar-refractivity contribution in [3.8, 4) is 45.3 Å². The van der Waals surface area contributed by atoms with Crippen LogP contribution in [-0.2, 0) is 19.2 Å². The number of fused-ring (bicyclic) bond motifs is 4. The Morgan fingerprint density at radius 3 is 0.880 bits per heavy atom. The quantitative estimate of drug-likeness (QED) is 0.0986. The molecule has 0 unspecified atom stereocenters. The molecule has 50 heavy (non-hydrogen) atoms. The predicted octanol–water partition coefficient (Wildman–Crippen LogP) is 9.33. The van der Waals surface area contributed by atoms with E-state index in [1.807, 2.05) is 103 Å². The Kier molecular flexibility index (Phi) is 8.21. The van der Waals surface area contributed by atoms with Crippen LogP contribution in [0, 0.1) is 0 Å². The van der Waals surface area contributed by atoms with Gasteiger partial charge in [-0.05, 0) is 27.6 Å². The zero-order chi connectivity index (χ0) is 35.1. The second-order valence-electron chi connectivity index (χ2n) is 11.8. The van der Waals surface area contributed by atoms with Crippen molar-refractivity contribution < 1.29 is 38.1 Å². The molecule has 0 aromatic heterocycles. The third kappa shape index (κ3) is 5.66. The van der Waals surface area contributed by atoms with Gasteiger partial charge in [0.05, 0.1) is 0 Å². The SMILES string of the molecule is CC(=O)Oc1cc(OC(C)=O)c(-c2c3ccccc3c(OC(C)=O)c3ccccc23)cc1-c1c2ccccc2c(OC(C)=O)c2ccccc12. The van der Waals surface area contributed by atoms with Gasteiger partial charge in [0.1, 0.15) is 23.0 Å². The average Bonchev–Trinajstić information content (AvgIpc) is 3.08. The molecule has 7 aromatic carbocycles. The molecule has 0 radical (unpaired) electrons. The summed E-state index contributed by atoms with van der Waals surface area (Å²) in [6.45, 7) is 5.32. The maximum absolute atomic E-state index is 12.6. The highest BCUT2D eigenvalue weighted by molar-refractivity contribution is 6.21. The van der Waals surface area contributed by atoms with E-state index in [1.54, 1.807) is 6.07 Å². The van der Waals surface area contributed by atoms with Gasteiger partial charge in [-0.2, -0.15) is 0 Å². The van der Waals surface area contributed by atoms with E-state index in [-0.39, 0.29) is 11.5 Å². The van der Waals surface area contributed by atoms with Gasteiger partial charge in [-0.25, -0.2) is 0 Å². The van der Waals surface area contributed by atoms with E-state index in [0.29, 0.717) is 55.3 Å². The van der Waals surface area contributed by atoms with Crippen molar-refractivity contribution in [1.82, 2.24) is 0 Å². The molecular weight excluding hydrogens is 632 g/mol. The number of hydrogen-bond donors (Lipinski definition) is 0. The van der Waals surface area contributed by atoms with E-state index in [4.69, 9.17) is 18.9 Å². The van der Waals surface area contributed by atoms with Crippen LogP contribution >= 0.6 is 0 Å². The molecule has 0 saturated heterocycles. The second-order valence-corrected chi connectivity index (χ2v) is 11.8. The van der Waals surface area contributed by atoms with Gasteiger partial charge < -0.3 is 18.9 Å². The number of esters is 4. The van der Waals surface area contributed by atoms with Crippen molar-refractivity contribution in [3.05, 3.63) is 109 Å². The molecule has 0 aliphatic heterocycles. The summed E-state index contributed by atoms with van der Waals surface area (Å²) < 4.78 is 23.3. The summed E-state index contributed by atoms with van der Waals surface area (Å²) in [5, 5.41) is 5.66. The van der Waals surface area contributed by atoms with Crippen molar-refractivity contribution in [2.45, 2.75) is 27.7 Å². The summed E-state index contributed by atoms with van der Waals surface area (Å²) in [6.07, 6.45) is 0. The highest BCUT2D eigenvalue weighted by Crippen LogP contribution is 2.51. The van der Waals surface area contributed by atoms with Crippen LogP contribution in [0.4, 0.5) is 0 Å². The van der Waals surface area contributed by atoms with Gasteiger partial charge in [0.2, 0.25) is 0 Å². The lowest BCUT2D eigenvalue weighted by molar-refractivity contribution is -0.133. The van der Waals surface area contributed by atoms with Crippen LogP contribution in [0.3, 0.4) is 0 Å². The van der Waals surface area contributed by atoms with E-state index >= 15 is 0 Å². The molecule has 7 rings (SSSR count). The predicted molar refractivity (Wildman–Crippen MR) is 193 cm³/mol. The fourth-order valence-corrected chi connectivity index (χ4v) is 6.70. The normalized spacial score (nSPS) is 11.1. The average molecular weight is 663 g/mol. The van der Waals surface area contributed by atoms with Crippen molar-refractivity contribution in [3.63, 3.8) is 0 Å². The molecule has 0 atom stereocenters. The van der Waals surface area contributed by atoms with Crippen LogP contribution < -0.4 is 18.9 Å². The second kappa shape index (κ2) is 12.8. The standard InChI is InChI=1S/C42H30O8/c1-23(43)47-37-22-38(48-24(2)44)36(40-29-15-7-11-19-33(29)42(50-26(4)46)34-20-12-8-16-30(34)40)21-35(37)39-27-13-5-9-17-31(27)41(49-25(3)45)32-18-10-6-14-28(32)39/h5-22H,1-4H3. The summed E-state index contributed by atoms with van der Waals surface area (Å²) >= 11 is 0. The van der Waals surface area contributed by atoms with E-state index in [1.165, 1.54) is 27.7 Å². The third-order valence-electron chi connectivity index (χ3n) is 8.38. The number of ether oxygens (including phenoxy) is 4. The van der Waals surface area contributed by atoms with Gasteiger partial charge >= 0.3 is 23.9 Å². The molecule has 8 heteroatoms. The lowest BCUT2D eigenvalue weighted by Gasteiger charge is -2.22. The minimum Gasteiger partial charge on any atom is -0.426 e. The first-order chi connectivity index (χ1) is 24.1. The van der Waals surface area contributed by atoms with Crippen molar-refractivity contribution in [2.24, 2.45) is 0 Å². The van der Waals surface area contributed by atoms with E-state index in [0.717, 1.165) is 21.5 Å². The maximum Gasteiger partial charge on any atom is 0.308 e. The van der Waals surface area contributed by atoms with E-state index in [2.05, 4.69) is 0 Å². The lowest BCUT2D eigenvalue weighted by atomic mass is 9.86. The molecule has 0 aliphatic carbocycles. The molecule has 0 bridgehead atoms. The molecule has 0 N–H and O–H groups in total. The summed E-state index contributed by atoms with van der Waals surface area (Å²) in [5.74, 6) is -0.904. The Bertz CT molecular complexity index is 2280. The molecule has 0 fully saturated rings. The largest absolute Gasteiger partial charge is 0.426 e. The topological polar surface area (TPSA) is 105 Å². The van der Waals surface area contributed by atoms with Crippen LogP contribution in [0.2, 0.25) is 0 Å². The molecule has 0 amide bonds. The van der Waals surface area contributed by atoms with Crippen molar-refractivity contribution in [1.29, 1.82) is 0 Å². The number of hydrogen-bond acceptors (Lipinski definition) is 8. The number of carbonyl (C=O) groups excluding carboxylic acids is 4. The van der Waals surface area contributed by atoms with E-state index < -0.39 is 23.9 Å². The van der Waals surface area contributed by atoms with Gasteiger partial charge in [-0.15, -0.1) is 0 Å². The molecular formula is C42H30O8. The fourth-order valence-electron chi connectivity index (χ4n) is 6.70.